The van der Waals surface area contributed by atoms with Gasteiger partial charge in [-0.05, 0) is 64.2 Å². The molecule has 6 atom stereocenters. The molecule has 13 heteroatoms. The molecule has 0 aromatic carbocycles. The summed E-state index contributed by atoms with van der Waals surface area (Å²) in [5.74, 6) is -0.519. The van der Waals surface area contributed by atoms with Crippen LogP contribution >= 0.6 is 7.82 Å². The summed E-state index contributed by atoms with van der Waals surface area (Å²) in [6, 6.07) is 0. The minimum atomic E-state index is -5.04. The maximum Gasteiger partial charge on any atom is 0.472 e. The number of allylic oxidation sites excluding steroid dienone is 12. The van der Waals surface area contributed by atoms with Gasteiger partial charge in [-0.2, -0.15) is 0 Å². The lowest BCUT2D eigenvalue weighted by molar-refractivity contribution is -0.220. The lowest BCUT2D eigenvalue weighted by atomic mass is 9.85. The Hall–Kier alpha value is -2.22. The molecule has 1 aliphatic rings. The average Bonchev–Trinajstić information content (AvgIpc) is 3.29. The fourth-order valence-corrected chi connectivity index (χ4v) is 8.33. The van der Waals surface area contributed by atoms with E-state index < -0.39 is 63.1 Å². The van der Waals surface area contributed by atoms with E-state index in [2.05, 4.69) is 86.8 Å². The van der Waals surface area contributed by atoms with E-state index in [1.807, 2.05) is 0 Å². The van der Waals surface area contributed by atoms with Gasteiger partial charge in [-0.3, -0.25) is 13.8 Å². The molecule has 0 bridgehead atoms. The number of esters is 1. The van der Waals surface area contributed by atoms with E-state index in [-0.39, 0.29) is 13.0 Å². The van der Waals surface area contributed by atoms with Gasteiger partial charge < -0.3 is 39.9 Å². The third-order valence-corrected chi connectivity index (χ3v) is 12.3. The average molecular weight is 939 g/mol. The van der Waals surface area contributed by atoms with Crippen LogP contribution in [0.4, 0.5) is 0 Å². The van der Waals surface area contributed by atoms with Crippen molar-refractivity contribution in [3.05, 3.63) is 72.9 Å². The number of phosphoric ester groups is 1. The maximum absolute atomic E-state index is 12.8. The number of aliphatic hydroxyl groups excluding tert-OH is 5. The topological polar surface area (TPSA) is 192 Å². The van der Waals surface area contributed by atoms with Crippen LogP contribution in [0.1, 0.15) is 187 Å². The number of rotatable bonds is 42. The Labute approximate surface area is 393 Å². The molecule has 0 heterocycles. The summed E-state index contributed by atoms with van der Waals surface area (Å²) in [7, 11) is -5.04. The molecule has 0 aromatic rings. The van der Waals surface area contributed by atoms with Gasteiger partial charge in [-0.25, -0.2) is 4.57 Å². The molecule has 1 rings (SSSR count). The molecule has 65 heavy (non-hydrogen) atoms. The van der Waals surface area contributed by atoms with E-state index in [9.17, 15) is 39.8 Å². The van der Waals surface area contributed by atoms with Crippen LogP contribution < -0.4 is 0 Å². The molecule has 0 aromatic heterocycles. The number of unbranched alkanes of at least 4 members (excludes halogenated alkanes) is 18. The van der Waals surface area contributed by atoms with Crippen LogP contribution in [-0.2, 0) is 27.9 Å². The van der Waals surface area contributed by atoms with Gasteiger partial charge in [0.15, 0.2) is 0 Å². The normalized spacial score (nSPS) is 22.2. The highest BCUT2D eigenvalue weighted by Gasteiger charge is 2.51. The SMILES string of the molecule is CC/C=C\C/C=C\C/C=C\C/C=C\C/C=C\C/C=C\CCCCC(=O)OC(COCCCCCCCCCCCCCCCCCCC)COP(=O)(O)OC1C(O)C(O)C(O)C(O)C1O. The third kappa shape index (κ3) is 33.8. The van der Waals surface area contributed by atoms with Gasteiger partial charge in [0.25, 0.3) is 0 Å². The van der Waals surface area contributed by atoms with Crippen molar-refractivity contribution in [2.45, 2.75) is 230 Å². The molecule has 1 saturated carbocycles. The van der Waals surface area contributed by atoms with Crippen LogP contribution in [0.5, 0.6) is 0 Å². The van der Waals surface area contributed by atoms with Crippen LogP contribution in [0.3, 0.4) is 0 Å². The highest BCUT2D eigenvalue weighted by Crippen LogP contribution is 2.47. The van der Waals surface area contributed by atoms with Gasteiger partial charge in [0.05, 0.1) is 13.2 Å². The minimum absolute atomic E-state index is 0.0958. The van der Waals surface area contributed by atoms with E-state index in [1.54, 1.807) is 0 Å². The molecular weight excluding hydrogens is 848 g/mol. The summed E-state index contributed by atoms with van der Waals surface area (Å²) in [4.78, 5) is 23.2. The van der Waals surface area contributed by atoms with Crippen LogP contribution in [0.15, 0.2) is 72.9 Å². The molecule has 0 spiro atoms. The van der Waals surface area contributed by atoms with E-state index in [4.69, 9.17) is 18.5 Å². The first kappa shape index (κ1) is 60.8. The van der Waals surface area contributed by atoms with Gasteiger partial charge in [0.1, 0.15) is 42.7 Å². The van der Waals surface area contributed by atoms with E-state index in [1.165, 1.54) is 89.9 Å². The number of carbonyl (C=O) groups excluding carboxylic acids is 1. The van der Waals surface area contributed by atoms with Gasteiger partial charge in [0.2, 0.25) is 0 Å². The van der Waals surface area contributed by atoms with Gasteiger partial charge in [-0.1, -0.05) is 189 Å². The van der Waals surface area contributed by atoms with Gasteiger partial charge in [-0.15, -0.1) is 0 Å². The predicted molar refractivity (Wildman–Crippen MR) is 262 cm³/mol. The second kappa shape index (κ2) is 41.9. The monoisotopic (exact) mass is 939 g/mol. The summed E-state index contributed by atoms with van der Waals surface area (Å²) in [6.07, 6.45) is 42.5. The second-order valence-electron chi connectivity index (χ2n) is 17.3. The Morgan fingerprint density at radius 3 is 1.35 bits per heavy atom. The minimum Gasteiger partial charge on any atom is -0.457 e. The van der Waals surface area contributed by atoms with Crippen molar-refractivity contribution in [2.75, 3.05) is 19.8 Å². The zero-order chi connectivity index (χ0) is 47.6. The third-order valence-electron chi connectivity index (χ3n) is 11.3. The number of carbonyl (C=O) groups is 1. The molecule has 6 unspecified atom stereocenters. The summed E-state index contributed by atoms with van der Waals surface area (Å²) >= 11 is 0. The maximum atomic E-state index is 12.8. The molecule has 12 nitrogen and oxygen atoms in total. The molecule has 6 N–H and O–H groups in total. The first-order chi connectivity index (χ1) is 31.5. The van der Waals surface area contributed by atoms with Crippen molar-refractivity contribution in [1.29, 1.82) is 0 Å². The van der Waals surface area contributed by atoms with Crippen molar-refractivity contribution in [3.63, 3.8) is 0 Å². The molecule has 1 aliphatic carbocycles. The summed E-state index contributed by atoms with van der Waals surface area (Å²) in [5.41, 5.74) is 0. The summed E-state index contributed by atoms with van der Waals surface area (Å²) in [6.45, 7) is 4.11. The Morgan fingerprint density at radius 2 is 0.908 bits per heavy atom. The smallest absolute Gasteiger partial charge is 0.457 e. The van der Waals surface area contributed by atoms with Crippen molar-refractivity contribution in [2.24, 2.45) is 0 Å². The molecule has 0 saturated heterocycles. The van der Waals surface area contributed by atoms with Crippen molar-refractivity contribution in [1.82, 2.24) is 0 Å². The van der Waals surface area contributed by atoms with E-state index in [0.717, 1.165) is 70.6 Å². The lowest BCUT2D eigenvalue weighted by Gasteiger charge is -2.41. The number of ether oxygens (including phenoxy) is 2. The Kier molecular flexibility index (Phi) is 39.2. The van der Waals surface area contributed by atoms with E-state index in [0.29, 0.717) is 13.0 Å². The molecule has 1 fully saturated rings. The van der Waals surface area contributed by atoms with Crippen LogP contribution in [0, 0.1) is 0 Å². The zero-order valence-corrected chi connectivity index (χ0v) is 41.2. The highest BCUT2D eigenvalue weighted by molar-refractivity contribution is 7.47. The Bertz CT molecular complexity index is 1350. The quantitative estimate of drug-likeness (QED) is 0.0147. The van der Waals surface area contributed by atoms with Crippen molar-refractivity contribution in [3.8, 4) is 0 Å². The Balaban J connectivity index is 2.40. The highest BCUT2D eigenvalue weighted by atomic mass is 31.2. The van der Waals surface area contributed by atoms with Crippen LogP contribution in [0.2, 0.25) is 0 Å². The second-order valence-corrected chi connectivity index (χ2v) is 18.7. The predicted octanol–water partition coefficient (Wildman–Crippen LogP) is 11.1. The first-order valence-corrected chi connectivity index (χ1v) is 26.8. The molecular formula is C52H91O12P. The fraction of sp³-hybridized carbons (Fsp3) is 0.750. The molecule has 376 valence electrons. The Morgan fingerprint density at radius 1 is 0.508 bits per heavy atom. The molecule has 0 radical (unpaired) electrons. The van der Waals surface area contributed by atoms with Crippen molar-refractivity contribution >= 4 is 13.8 Å². The summed E-state index contributed by atoms with van der Waals surface area (Å²) in [5, 5.41) is 50.3. The standard InChI is InChI=1S/C52H91O12P/c1-3-5-7-9-11-13-15-17-19-21-22-23-24-25-27-29-31-33-35-37-39-41-46(53)63-45(44-62-65(59,60)64-52-50(57)48(55)47(54)49(56)51(52)58)43-61-42-40-38-36-34-32-30-28-26-20-18-16-14-12-10-8-6-4-2/h5,7,11,13,17,19,22-23,25,27,31,33,45,47-52,54-58H,3-4,6,8-10,12,14-16,18,20-21,24,26,28-30,32,34-44H2,1-2H3,(H,59,60)/b7-5-,13-11-,19-17-,23-22-,27-25-,33-31-. The number of hydrogen-bond acceptors (Lipinski definition) is 11. The van der Waals surface area contributed by atoms with Crippen LogP contribution in [0.25, 0.3) is 0 Å². The lowest BCUT2D eigenvalue weighted by Crippen LogP contribution is -2.64. The van der Waals surface area contributed by atoms with Crippen LogP contribution in [-0.4, -0.2) is 98.9 Å². The molecule has 0 aliphatic heterocycles. The van der Waals surface area contributed by atoms with Crippen molar-refractivity contribution < 1.29 is 58.3 Å². The number of hydrogen-bond donors (Lipinski definition) is 6. The first-order valence-electron chi connectivity index (χ1n) is 25.3. The zero-order valence-electron chi connectivity index (χ0n) is 40.3. The number of phosphoric acid groups is 1. The fourth-order valence-electron chi connectivity index (χ4n) is 7.36. The summed E-state index contributed by atoms with van der Waals surface area (Å²) < 4.78 is 34.2. The molecule has 0 amide bonds. The number of aliphatic hydroxyl groups is 5. The van der Waals surface area contributed by atoms with Gasteiger partial charge >= 0.3 is 13.8 Å². The largest absolute Gasteiger partial charge is 0.472 e. The van der Waals surface area contributed by atoms with Gasteiger partial charge in [0, 0.05) is 13.0 Å². The van der Waals surface area contributed by atoms with E-state index >= 15 is 0 Å².